The van der Waals surface area contributed by atoms with Crippen LogP contribution < -0.4 is 0 Å². The Labute approximate surface area is 159 Å². The number of aromatic hydroxyl groups is 1. The Hall–Kier alpha value is -1.95. The van der Waals surface area contributed by atoms with Gasteiger partial charge in [0.2, 0.25) is 0 Å². The summed E-state index contributed by atoms with van der Waals surface area (Å²) < 4.78 is 0. The minimum Gasteiger partial charge on any atom is -0.508 e. The third-order valence-electron chi connectivity index (χ3n) is 6.32. The lowest BCUT2D eigenvalue weighted by atomic mass is 9.57. The summed E-state index contributed by atoms with van der Waals surface area (Å²) in [6, 6.07) is 16.1. The van der Waals surface area contributed by atoms with Crippen molar-refractivity contribution in [1.29, 1.82) is 0 Å². The molecule has 0 bridgehead atoms. The molecule has 4 rings (SSSR count). The minimum absolute atomic E-state index is 0.0526. The first-order valence-electron chi connectivity index (χ1n) is 9.31. The zero-order valence-electron chi connectivity index (χ0n) is 14.7. The number of aryl methyl sites for hydroxylation is 1. The van der Waals surface area contributed by atoms with Crippen LogP contribution in [0.5, 0.6) is 5.75 Å². The lowest BCUT2D eigenvalue weighted by molar-refractivity contribution is -0.0400. The van der Waals surface area contributed by atoms with Gasteiger partial charge in [-0.05, 0) is 84.4 Å². The van der Waals surface area contributed by atoms with E-state index < -0.39 is 5.60 Å². The van der Waals surface area contributed by atoms with Crippen molar-refractivity contribution in [3.63, 3.8) is 0 Å². The van der Waals surface area contributed by atoms with E-state index in [1.165, 1.54) is 16.7 Å². The second-order valence-electron chi connectivity index (χ2n) is 7.67. The van der Waals surface area contributed by atoms with Crippen molar-refractivity contribution in [3.05, 3.63) is 65.2 Å². The summed E-state index contributed by atoms with van der Waals surface area (Å²) in [6.07, 6.45) is 4.27. The number of phenolic OH excluding ortho intramolecular Hbond substituents is 1. The van der Waals surface area contributed by atoms with E-state index in [1.807, 2.05) is 24.3 Å². The van der Waals surface area contributed by atoms with Crippen LogP contribution in [-0.2, 0) is 12.8 Å². The highest BCUT2D eigenvalue weighted by molar-refractivity contribution is 6.30. The van der Waals surface area contributed by atoms with Crippen molar-refractivity contribution in [2.24, 2.45) is 11.8 Å². The van der Waals surface area contributed by atoms with Crippen LogP contribution in [-0.4, -0.2) is 15.8 Å². The molecule has 0 spiro atoms. The van der Waals surface area contributed by atoms with Gasteiger partial charge in [0.1, 0.15) is 11.4 Å². The van der Waals surface area contributed by atoms with E-state index in [1.54, 1.807) is 6.07 Å². The van der Waals surface area contributed by atoms with Crippen LogP contribution in [0.4, 0.5) is 0 Å². The fourth-order valence-electron chi connectivity index (χ4n) is 5.12. The molecule has 4 atom stereocenters. The Kier molecular flexibility index (Phi) is 4.69. The molecule has 0 saturated heterocycles. The van der Waals surface area contributed by atoms with Crippen molar-refractivity contribution in [2.45, 2.75) is 43.6 Å². The summed E-state index contributed by atoms with van der Waals surface area (Å²) in [6.45, 7) is 0. The number of aliphatic hydroxyl groups is 1. The van der Waals surface area contributed by atoms with Gasteiger partial charge in [-0.15, -0.1) is 0 Å². The molecule has 0 radical (unpaired) electrons. The first kappa shape index (κ1) is 17.5. The number of rotatable bonds is 2. The Morgan fingerprint density at radius 3 is 2.69 bits per heavy atom. The van der Waals surface area contributed by atoms with Crippen molar-refractivity contribution in [3.8, 4) is 17.0 Å². The summed E-state index contributed by atoms with van der Waals surface area (Å²) in [7, 11) is 0. The van der Waals surface area contributed by atoms with E-state index in [9.17, 15) is 10.2 Å². The molecule has 134 valence electrons. The van der Waals surface area contributed by atoms with Crippen LogP contribution in [0, 0.1) is 23.1 Å². The van der Waals surface area contributed by atoms with E-state index in [-0.39, 0.29) is 5.92 Å². The average Bonchev–Trinajstić information content (AvgIpc) is 2.64. The van der Waals surface area contributed by atoms with Gasteiger partial charge in [0.05, 0.1) is 0 Å². The van der Waals surface area contributed by atoms with Crippen LogP contribution >= 0.6 is 11.6 Å². The Morgan fingerprint density at radius 2 is 1.92 bits per heavy atom. The molecule has 2 aliphatic carbocycles. The Balaban J connectivity index is 1.71. The third kappa shape index (κ3) is 3.11. The quantitative estimate of drug-likeness (QED) is 0.761. The summed E-state index contributed by atoms with van der Waals surface area (Å²) in [5.74, 6) is 4.09. The van der Waals surface area contributed by atoms with E-state index in [0.717, 1.165) is 25.7 Å². The zero-order valence-corrected chi connectivity index (χ0v) is 15.4. The maximum atomic E-state index is 11.3. The Bertz CT molecular complexity index is 852. The van der Waals surface area contributed by atoms with Gasteiger partial charge in [0.25, 0.3) is 0 Å². The maximum absolute atomic E-state index is 11.3. The molecule has 1 fully saturated rings. The molecule has 3 heteroatoms. The largest absolute Gasteiger partial charge is 0.508 e. The molecule has 1 saturated carbocycles. The highest BCUT2D eigenvalue weighted by atomic mass is 35.5. The topological polar surface area (TPSA) is 40.5 Å². The summed E-state index contributed by atoms with van der Waals surface area (Å²) in [4.78, 5) is 0. The van der Waals surface area contributed by atoms with Crippen molar-refractivity contribution in [1.82, 2.24) is 0 Å². The van der Waals surface area contributed by atoms with Gasteiger partial charge in [0, 0.05) is 11.3 Å². The summed E-state index contributed by atoms with van der Waals surface area (Å²) in [5, 5.41) is 23.6. The number of hydrogen-bond donors (Lipinski definition) is 2. The van der Waals surface area contributed by atoms with Gasteiger partial charge in [0.15, 0.2) is 0 Å². The summed E-state index contributed by atoms with van der Waals surface area (Å²) >= 11 is 5.72. The molecule has 0 aliphatic heterocycles. The van der Waals surface area contributed by atoms with Crippen LogP contribution in [0.2, 0.25) is 0 Å². The van der Waals surface area contributed by atoms with Crippen molar-refractivity contribution >= 4 is 11.6 Å². The van der Waals surface area contributed by atoms with E-state index in [4.69, 9.17) is 11.6 Å². The Morgan fingerprint density at radius 1 is 1.12 bits per heavy atom. The second-order valence-corrected chi connectivity index (χ2v) is 7.86. The molecular weight excluding hydrogens is 344 g/mol. The molecule has 2 unspecified atom stereocenters. The molecule has 0 heterocycles. The van der Waals surface area contributed by atoms with E-state index in [2.05, 4.69) is 29.5 Å². The van der Waals surface area contributed by atoms with Crippen LogP contribution in [0.1, 0.15) is 41.9 Å². The predicted octanol–water partition coefficient (Wildman–Crippen LogP) is 4.62. The number of phenols is 1. The lowest BCUT2D eigenvalue weighted by Gasteiger charge is -2.49. The number of hydrogen-bond acceptors (Lipinski definition) is 2. The van der Waals surface area contributed by atoms with Gasteiger partial charge in [-0.2, -0.15) is 0 Å². The third-order valence-corrected chi connectivity index (χ3v) is 6.41. The molecular formula is C23H23ClO2. The monoisotopic (exact) mass is 366 g/mol. The highest BCUT2D eigenvalue weighted by Crippen LogP contribution is 2.52. The minimum atomic E-state index is -1.03. The van der Waals surface area contributed by atoms with Gasteiger partial charge in [-0.1, -0.05) is 42.3 Å². The van der Waals surface area contributed by atoms with Gasteiger partial charge < -0.3 is 10.2 Å². The molecule has 2 aliphatic rings. The second kappa shape index (κ2) is 6.99. The fourth-order valence-corrected chi connectivity index (χ4v) is 5.28. The van der Waals surface area contributed by atoms with E-state index >= 15 is 0 Å². The molecule has 0 amide bonds. The summed E-state index contributed by atoms with van der Waals surface area (Å²) in [5.41, 5.74) is 2.77. The van der Waals surface area contributed by atoms with Gasteiger partial charge in [-0.3, -0.25) is 0 Å². The van der Waals surface area contributed by atoms with Crippen LogP contribution in [0.3, 0.4) is 0 Å². The van der Waals surface area contributed by atoms with Crippen LogP contribution in [0.15, 0.2) is 48.5 Å². The SMILES string of the molecule is Oc1ccc2c(c1)CC[C@@H]1C2CC[C@](O)(C#CCl)C1Cc1ccccc1. The molecule has 2 aromatic rings. The van der Waals surface area contributed by atoms with Gasteiger partial charge in [-0.25, -0.2) is 0 Å². The average molecular weight is 367 g/mol. The lowest BCUT2D eigenvalue weighted by Crippen LogP contribution is -2.49. The van der Waals surface area contributed by atoms with Crippen molar-refractivity contribution in [2.75, 3.05) is 0 Å². The molecule has 2 aromatic carbocycles. The molecule has 26 heavy (non-hydrogen) atoms. The predicted molar refractivity (Wildman–Crippen MR) is 104 cm³/mol. The zero-order chi connectivity index (χ0) is 18.1. The van der Waals surface area contributed by atoms with E-state index in [0.29, 0.717) is 24.0 Å². The number of benzene rings is 2. The molecule has 0 aromatic heterocycles. The first-order valence-corrected chi connectivity index (χ1v) is 9.69. The number of halogens is 1. The maximum Gasteiger partial charge on any atom is 0.130 e. The van der Waals surface area contributed by atoms with Crippen LogP contribution in [0.25, 0.3) is 0 Å². The first-order chi connectivity index (χ1) is 12.6. The molecule has 2 N–H and O–H groups in total. The number of fused-ring (bicyclic) bond motifs is 3. The standard InChI is InChI=1S/C23H23ClO2/c24-13-12-23(26)11-10-20-19-9-7-18(25)15-17(19)6-8-21(20)22(23)14-16-4-2-1-3-5-16/h1-5,7,9,15,20-22,25-26H,6,8,10-11,14H2/t20?,21-,22?,23+/m1/s1. The van der Waals surface area contributed by atoms with Gasteiger partial charge >= 0.3 is 0 Å². The molecule has 2 nitrogen and oxygen atoms in total. The normalized spacial score (nSPS) is 29.8. The van der Waals surface area contributed by atoms with Crippen molar-refractivity contribution < 1.29 is 10.2 Å². The smallest absolute Gasteiger partial charge is 0.130 e. The fraction of sp³-hybridized carbons (Fsp3) is 0.391. The highest BCUT2D eigenvalue weighted by Gasteiger charge is 2.49.